The van der Waals surface area contributed by atoms with Crippen LogP contribution in [0.5, 0.6) is 0 Å². The van der Waals surface area contributed by atoms with E-state index < -0.39 is 5.82 Å². The molecule has 104 valence electrons. The van der Waals surface area contributed by atoms with Crippen molar-refractivity contribution in [2.75, 3.05) is 5.32 Å². The van der Waals surface area contributed by atoms with Crippen LogP contribution >= 0.6 is 0 Å². The summed E-state index contributed by atoms with van der Waals surface area (Å²) in [4.78, 5) is 0. The molecule has 1 nitrogen and oxygen atoms in total. The molecule has 2 aromatic carbocycles. The van der Waals surface area contributed by atoms with E-state index in [0.717, 1.165) is 19.3 Å². The van der Waals surface area contributed by atoms with Crippen LogP contribution < -0.4 is 5.32 Å². The van der Waals surface area contributed by atoms with E-state index in [-0.39, 0.29) is 17.5 Å². The summed E-state index contributed by atoms with van der Waals surface area (Å²) in [7, 11) is 0. The van der Waals surface area contributed by atoms with Crippen LogP contribution in [0.25, 0.3) is 0 Å². The van der Waals surface area contributed by atoms with Gasteiger partial charge in [0.2, 0.25) is 0 Å². The fraction of sp³-hybridized carbons (Fsp3) is 0.294. The molecule has 20 heavy (non-hydrogen) atoms. The van der Waals surface area contributed by atoms with Crippen LogP contribution in [0.15, 0.2) is 36.4 Å². The van der Waals surface area contributed by atoms with Crippen molar-refractivity contribution in [2.45, 2.75) is 32.2 Å². The van der Waals surface area contributed by atoms with Crippen molar-refractivity contribution in [3.63, 3.8) is 0 Å². The lowest BCUT2D eigenvalue weighted by Crippen LogP contribution is -2.18. The van der Waals surface area contributed by atoms with E-state index in [9.17, 15) is 8.78 Å². The van der Waals surface area contributed by atoms with Crippen LogP contribution in [0.1, 0.15) is 35.6 Å². The van der Waals surface area contributed by atoms with Crippen molar-refractivity contribution in [3.05, 3.63) is 64.7 Å². The van der Waals surface area contributed by atoms with Crippen molar-refractivity contribution in [1.29, 1.82) is 0 Å². The Morgan fingerprint density at radius 1 is 1.10 bits per heavy atom. The number of nitrogens with one attached hydrogen (secondary N) is 1. The van der Waals surface area contributed by atoms with Crippen LogP contribution in [0.3, 0.4) is 0 Å². The molecule has 0 radical (unpaired) electrons. The number of aryl methyl sites for hydroxylation is 2. The first-order valence-electron chi connectivity index (χ1n) is 6.95. The standard InChI is InChI=1S/C17H17F2N/c1-11-9-15(19)17(10-14(11)18)20-16-8-4-6-12-5-2-3-7-13(12)16/h2-3,5,7,9-10,16,20H,4,6,8H2,1H3. The SMILES string of the molecule is Cc1cc(F)c(NC2CCCc3ccccc32)cc1F. The summed E-state index contributed by atoms with van der Waals surface area (Å²) in [5.41, 5.74) is 3.07. The molecule has 0 aromatic heterocycles. The Kier molecular flexibility index (Phi) is 3.43. The maximum Gasteiger partial charge on any atom is 0.146 e. The first-order valence-corrected chi connectivity index (χ1v) is 6.95. The highest BCUT2D eigenvalue weighted by atomic mass is 19.1. The lowest BCUT2D eigenvalue weighted by molar-refractivity contribution is 0.575. The number of hydrogen-bond acceptors (Lipinski definition) is 1. The maximum absolute atomic E-state index is 13.9. The number of halogens is 2. The fourth-order valence-electron chi connectivity index (χ4n) is 2.85. The van der Waals surface area contributed by atoms with E-state index in [2.05, 4.69) is 17.4 Å². The van der Waals surface area contributed by atoms with Crippen LogP contribution in [0.2, 0.25) is 0 Å². The Morgan fingerprint density at radius 2 is 1.90 bits per heavy atom. The summed E-state index contributed by atoms with van der Waals surface area (Å²) in [5.74, 6) is -0.773. The number of rotatable bonds is 2. The van der Waals surface area contributed by atoms with Gasteiger partial charge < -0.3 is 5.32 Å². The largest absolute Gasteiger partial charge is 0.376 e. The molecule has 1 atom stereocenters. The van der Waals surface area contributed by atoms with Crippen LogP contribution in [-0.4, -0.2) is 0 Å². The number of anilines is 1. The van der Waals surface area contributed by atoms with Gasteiger partial charge in [-0.25, -0.2) is 8.78 Å². The molecule has 3 heteroatoms. The van der Waals surface area contributed by atoms with Gasteiger partial charge in [-0.1, -0.05) is 24.3 Å². The first kappa shape index (κ1) is 13.1. The van der Waals surface area contributed by atoms with Gasteiger partial charge >= 0.3 is 0 Å². The third kappa shape index (κ3) is 2.40. The lowest BCUT2D eigenvalue weighted by Gasteiger charge is -2.27. The monoisotopic (exact) mass is 273 g/mol. The zero-order chi connectivity index (χ0) is 14.1. The van der Waals surface area contributed by atoms with Crippen LogP contribution in [0, 0.1) is 18.6 Å². The number of fused-ring (bicyclic) bond motifs is 1. The highest BCUT2D eigenvalue weighted by molar-refractivity contribution is 5.50. The highest BCUT2D eigenvalue weighted by Crippen LogP contribution is 2.33. The van der Waals surface area contributed by atoms with E-state index in [4.69, 9.17) is 0 Å². The Balaban J connectivity index is 1.91. The minimum absolute atomic E-state index is 0.0524. The molecule has 1 N–H and O–H groups in total. The summed E-state index contributed by atoms with van der Waals surface area (Å²) in [6.07, 6.45) is 3.05. The molecule has 0 bridgehead atoms. The minimum Gasteiger partial charge on any atom is -0.376 e. The summed E-state index contributed by atoms with van der Waals surface area (Å²) in [5, 5.41) is 3.16. The third-order valence-corrected chi connectivity index (χ3v) is 3.95. The quantitative estimate of drug-likeness (QED) is 0.831. The maximum atomic E-state index is 13.9. The molecule has 0 fully saturated rings. The Labute approximate surface area is 117 Å². The molecule has 1 unspecified atom stereocenters. The Morgan fingerprint density at radius 3 is 2.75 bits per heavy atom. The smallest absolute Gasteiger partial charge is 0.146 e. The first-order chi connectivity index (χ1) is 9.65. The van der Waals surface area contributed by atoms with E-state index in [1.54, 1.807) is 6.92 Å². The zero-order valence-corrected chi connectivity index (χ0v) is 11.4. The molecular weight excluding hydrogens is 256 g/mol. The predicted molar refractivity (Wildman–Crippen MR) is 76.8 cm³/mol. The van der Waals surface area contributed by atoms with Gasteiger partial charge in [-0.2, -0.15) is 0 Å². The molecule has 1 aliphatic carbocycles. The van der Waals surface area contributed by atoms with Gasteiger partial charge in [-0.15, -0.1) is 0 Å². The van der Waals surface area contributed by atoms with E-state index in [1.165, 1.54) is 23.3 Å². The van der Waals surface area contributed by atoms with Gasteiger partial charge in [0, 0.05) is 6.07 Å². The topological polar surface area (TPSA) is 12.0 Å². The van der Waals surface area contributed by atoms with Crippen LogP contribution in [-0.2, 0) is 6.42 Å². The fourth-order valence-corrected chi connectivity index (χ4v) is 2.85. The van der Waals surface area contributed by atoms with Gasteiger partial charge in [-0.05, 0) is 48.9 Å². The molecular formula is C17H17F2N. The second-order valence-corrected chi connectivity index (χ2v) is 5.37. The molecule has 1 aliphatic rings. The van der Waals surface area contributed by atoms with E-state index >= 15 is 0 Å². The molecule has 0 saturated heterocycles. The summed E-state index contributed by atoms with van der Waals surface area (Å²) in [6, 6.07) is 10.7. The molecule has 0 heterocycles. The minimum atomic E-state index is -0.396. The van der Waals surface area contributed by atoms with Crippen molar-refractivity contribution >= 4 is 5.69 Å². The van der Waals surface area contributed by atoms with Gasteiger partial charge in [0.05, 0.1) is 11.7 Å². The van der Waals surface area contributed by atoms with Crippen molar-refractivity contribution in [3.8, 4) is 0 Å². The van der Waals surface area contributed by atoms with E-state index in [1.807, 2.05) is 12.1 Å². The summed E-state index contributed by atoms with van der Waals surface area (Å²) in [6.45, 7) is 1.57. The van der Waals surface area contributed by atoms with Crippen molar-refractivity contribution in [1.82, 2.24) is 0 Å². The zero-order valence-electron chi connectivity index (χ0n) is 11.4. The molecule has 3 rings (SSSR count). The van der Waals surface area contributed by atoms with Gasteiger partial charge in [0.15, 0.2) is 0 Å². The van der Waals surface area contributed by atoms with E-state index in [0.29, 0.717) is 5.56 Å². The molecule has 0 aliphatic heterocycles. The Hall–Kier alpha value is -1.90. The normalized spacial score (nSPS) is 17.6. The third-order valence-electron chi connectivity index (χ3n) is 3.95. The van der Waals surface area contributed by atoms with Gasteiger partial charge in [0.25, 0.3) is 0 Å². The van der Waals surface area contributed by atoms with Gasteiger partial charge in [-0.3, -0.25) is 0 Å². The van der Waals surface area contributed by atoms with Crippen molar-refractivity contribution < 1.29 is 8.78 Å². The second-order valence-electron chi connectivity index (χ2n) is 5.37. The predicted octanol–water partition coefficient (Wildman–Crippen LogP) is 4.76. The van der Waals surface area contributed by atoms with Gasteiger partial charge in [0.1, 0.15) is 11.6 Å². The summed E-state index contributed by atoms with van der Waals surface area (Å²) < 4.78 is 27.5. The van der Waals surface area contributed by atoms with Crippen molar-refractivity contribution in [2.24, 2.45) is 0 Å². The summed E-state index contributed by atoms with van der Waals surface area (Å²) >= 11 is 0. The average Bonchev–Trinajstić information content (AvgIpc) is 2.45. The number of hydrogen-bond donors (Lipinski definition) is 1. The molecule has 0 saturated carbocycles. The number of benzene rings is 2. The lowest BCUT2D eigenvalue weighted by atomic mass is 9.87. The second kappa shape index (κ2) is 5.23. The van der Waals surface area contributed by atoms with Crippen LogP contribution in [0.4, 0.5) is 14.5 Å². The average molecular weight is 273 g/mol. The molecule has 0 spiro atoms. The highest BCUT2D eigenvalue weighted by Gasteiger charge is 2.20. The Bertz CT molecular complexity index is 637. The molecule has 2 aromatic rings. The molecule has 0 amide bonds.